The molecule has 4 heteroatoms. The number of hydrogen-bond acceptors (Lipinski definition) is 2. The van der Waals surface area contributed by atoms with Crippen LogP contribution >= 0.6 is 0 Å². The van der Waals surface area contributed by atoms with Crippen LogP contribution in [0.15, 0.2) is 48.5 Å². The number of benzene rings is 2. The van der Waals surface area contributed by atoms with Crippen LogP contribution in [-0.4, -0.2) is 13.1 Å². The van der Waals surface area contributed by atoms with Gasteiger partial charge in [0.2, 0.25) is 0 Å². The summed E-state index contributed by atoms with van der Waals surface area (Å²) in [6.45, 7) is 1.95. The van der Waals surface area contributed by atoms with E-state index in [0.29, 0.717) is 11.4 Å². The summed E-state index contributed by atoms with van der Waals surface area (Å²) in [5.74, 6) is 0.702. The van der Waals surface area contributed by atoms with Crippen LogP contribution < -0.4 is 15.4 Å². The molecule has 0 aliphatic carbocycles. The number of carbonyl (C=O) groups excluding carboxylic acids is 1. The summed E-state index contributed by atoms with van der Waals surface area (Å²) < 4.78 is 5.10. The summed E-state index contributed by atoms with van der Waals surface area (Å²) in [5.41, 5.74) is 2.50. The molecule has 0 atom stereocenters. The Balaban J connectivity index is 2.03. The van der Waals surface area contributed by atoms with E-state index in [-0.39, 0.29) is 6.03 Å². The van der Waals surface area contributed by atoms with Crippen LogP contribution in [0.25, 0.3) is 0 Å². The van der Waals surface area contributed by atoms with E-state index in [0.717, 1.165) is 11.3 Å². The first-order chi connectivity index (χ1) is 9.19. The van der Waals surface area contributed by atoms with Crippen LogP contribution in [0.1, 0.15) is 5.56 Å². The van der Waals surface area contributed by atoms with Crippen molar-refractivity contribution >= 4 is 17.4 Å². The first kappa shape index (κ1) is 13.0. The number of ether oxygens (including phenoxy) is 1. The average Bonchev–Trinajstić information content (AvgIpc) is 2.41. The van der Waals surface area contributed by atoms with Gasteiger partial charge in [0, 0.05) is 17.4 Å². The second-order valence-electron chi connectivity index (χ2n) is 4.13. The molecule has 0 fully saturated rings. The number of aryl methyl sites for hydroxylation is 1. The van der Waals surface area contributed by atoms with Crippen molar-refractivity contribution in [2.45, 2.75) is 6.92 Å². The number of rotatable bonds is 3. The topological polar surface area (TPSA) is 50.4 Å². The summed E-state index contributed by atoms with van der Waals surface area (Å²) >= 11 is 0. The predicted molar refractivity (Wildman–Crippen MR) is 76.8 cm³/mol. The molecule has 2 rings (SSSR count). The van der Waals surface area contributed by atoms with Gasteiger partial charge in [-0.05, 0) is 30.7 Å². The predicted octanol–water partition coefficient (Wildman–Crippen LogP) is 3.65. The summed E-state index contributed by atoms with van der Waals surface area (Å²) in [5, 5.41) is 5.57. The Morgan fingerprint density at radius 1 is 1.05 bits per heavy atom. The maximum Gasteiger partial charge on any atom is 0.323 e. The molecule has 0 radical (unpaired) electrons. The number of anilines is 2. The fraction of sp³-hybridized carbons (Fsp3) is 0.133. The molecule has 0 aliphatic rings. The Morgan fingerprint density at radius 2 is 1.84 bits per heavy atom. The molecule has 0 spiro atoms. The summed E-state index contributed by atoms with van der Waals surface area (Å²) in [7, 11) is 1.59. The monoisotopic (exact) mass is 256 g/mol. The lowest BCUT2D eigenvalue weighted by molar-refractivity contribution is 0.262. The van der Waals surface area contributed by atoms with Crippen molar-refractivity contribution in [1.29, 1.82) is 0 Å². The van der Waals surface area contributed by atoms with E-state index in [4.69, 9.17) is 4.74 Å². The highest BCUT2D eigenvalue weighted by molar-refractivity contribution is 6.00. The summed E-state index contributed by atoms with van der Waals surface area (Å²) in [6.07, 6.45) is 0. The van der Waals surface area contributed by atoms with Crippen molar-refractivity contribution in [3.8, 4) is 5.75 Å². The number of para-hydroxylation sites is 1. The second kappa shape index (κ2) is 5.91. The minimum Gasteiger partial charge on any atom is -0.497 e. The molecule has 0 unspecified atom stereocenters. The van der Waals surface area contributed by atoms with Gasteiger partial charge in [0.25, 0.3) is 0 Å². The van der Waals surface area contributed by atoms with E-state index in [1.165, 1.54) is 0 Å². The van der Waals surface area contributed by atoms with Crippen LogP contribution in [-0.2, 0) is 0 Å². The van der Waals surface area contributed by atoms with Crippen LogP contribution in [0.3, 0.4) is 0 Å². The molecule has 0 aliphatic heterocycles. The number of hydrogen-bond donors (Lipinski definition) is 2. The van der Waals surface area contributed by atoms with Crippen molar-refractivity contribution in [2.24, 2.45) is 0 Å². The smallest absolute Gasteiger partial charge is 0.323 e. The molecule has 0 aromatic heterocycles. The standard InChI is InChI=1S/C15H16N2O2/c1-11-6-3-4-9-14(11)17-15(18)16-12-7-5-8-13(10-12)19-2/h3-10H,1-2H3,(H2,16,17,18). The van der Waals surface area contributed by atoms with Gasteiger partial charge in [-0.2, -0.15) is 0 Å². The van der Waals surface area contributed by atoms with Gasteiger partial charge in [-0.15, -0.1) is 0 Å². The van der Waals surface area contributed by atoms with Gasteiger partial charge in [0.15, 0.2) is 0 Å². The van der Waals surface area contributed by atoms with Crippen molar-refractivity contribution in [1.82, 2.24) is 0 Å². The van der Waals surface area contributed by atoms with Crippen molar-refractivity contribution in [3.63, 3.8) is 0 Å². The van der Waals surface area contributed by atoms with E-state index >= 15 is 0 Å². The van der Waals surface area contributed by atoms with E-state index in [2.05, 4.69) is 10.6 Å². The fourth-order valence-corrected chi connectivity index (χ4v) is 1.70. The third kappa shape index (κ3) is 3.48. The Morgan fingerprint density at radius 3 is 2.58 bits per heavy atom. The SMILES string of the molecule is COc1cccc(NC(=O)Nc2ccccc2C)c1. The Kier molecular flexibility index (Phi) is 4.03. The zero-order valence-electron chi connectivity index (χ0n) is 10.9. The maximum absolute atomic E-state index is 11.9. The number of amides is 2. The Hall–Kier alpha value is -2.49. The van der Waals surface area contributed by atoms with Crippen molar-refractivity contribution < 1.29 is 9.53 Å². The molecule has 4 nitrogen and oxygen atoms in total. The Labute approximate surface area is 112 Å². The van der Waals surface area contributed by atoms with Gasteiger partial charge in [0.1, 0.15) is 5.75 Å². The van der Waals surface area contributed by atoms with Crippen LogP contribution in [0, 0.1) is 6.92 Å². The minimum atomic E-state index is -0.275. The maximum atomic E-state index is 11.9. The van der Waals surface area contributed by atoms with Gasteiger partial charge in [-0.1, -0.05) is 24.3 Å². The number of nitrogens with one attached hydrogen (secondary N) is 2. The van der Waals surface area contributed by atoms with Gasteiger partial charge >= 0.3 is 6.03 Å². The highest BCUT2D eigenvalue weighted by Gasteiger charge is 2.04. The number of urea groups is 1. The van der Waals surface area contributed by atoms with E-state index in [1.54, 1.807) is 19.2 Å². The Bertz CT molecular complexity index is 582. The quantitative estimate of drug-likeness (QED) is 0.880. The molecule has 0 heterocycles. The van der Waals surface area contributed by atoms with Crippen molar-refractivity contribution in [2.75, 3.05) is 17.7 Å². The molecule has 0 bridgehead atoms. The minimum absolute atomic E-state index is 0.275. The molecular formula is C15H16N2O2. The molecule has 0 saturated carbocycles. The van der Waals surface area contributed by atoms with Gasteiger partial charge in [-0.25, -0.2) is 4.79 Å². The van der Waals surface area contributed by atoms with Crippen LogP contribution in [0.2, 0.25) is 0 Å². The number of methoxy groups -OCH3 is 1. The third-order valence-electron chi connectivity index (χ3n) is 2.72. The molecule has 2 aromatic carbocycles. The van der Waals surface area contributed by atoms with Gasteiger partial charge in [-0.3, -0.25) is 0 Å². The van der Waals surface area contributed by atoms with E-state index in [9.17, 15) is 4.79 Å². The molecule has 98 valence electrons. The molecule has 0 saturated heterocycles. The lowest BCUT2D eigenvalue weighted by atomic mass is 10.2. The molecular weight excluding hydrogens is 240 g/mol. The lowest BCUT2D eigenvalue weighted by Gasteiger charge is -2.10. The van der Waals surface area contributed by atoms with Crippen LogP contribution in [0.5, 0.6) is 5.75 Å². The zero-order valence-corrected chi connectivity index (χ0v) is 10.9. The van der Waals surface area contributed by atoms with Crippen molar-refractivity contribution in [3.05, 3.63) is 54.1 Å². The highest BCUT2D eigenvalue weighted by Crippen LogP contribution is 2.18. The van der Waals surface area contributed by atoms with E-state index in [1.807, 2.05) is 43.3 Å². The highest BCUT2D eigenvalue weighted by atomic mass is 16.5. The first-order valence-electron chi connectivity index (χ1n) is 5.97. The fourth-order valence-electron chi connectivity index (χ4n) is 1.70. The second-order valence-corrected chi connectivity index (χ2v) is 4.13. The lowest BCUT2D eigenvalue weighted by Crippen LogP contribution is -2.19. The van der Waals surface area contributed by atoms with Gasteiger partial charge in [0.05, 0.1) is 7.11 Å². The van der Waals surface area contributed by atoms with Crippen LogP contribution in [0.4, 0.5) is 16.2 Å². The molecule has 2 N–H and O–H groups in total. The third-order valence-corrected chi connectivity index (χ3v) is 2.72. The molecule has 2 aromatic rings. The normalized spacial score (nSPS) is 9.79. The zero-order chi connectivity index (χ0) is 13.7. The average molecular weight is 256 g/mol. The number of carbonyl (C=O) groups is 1. The summed E-state index contributed by atoms with van der Waals surface area (Å²) in [4.78, 5) is 11.9. The molecule has 19 heavy (non-hydrogen) atoms. The van der Waals surface area contributed by atoms with E-state index < -0.39 is 0 Å². The largest absolute Gasteiger partial charge is 0.497 e. The summed E-state index contributed by atoms with van der Waals surface area (Å²) in [6, 6.07) is 14.6. The van der Waals surface area contributed by atoms with Gasteiger partial charge < -0.3 is 15.4 Å². The first-order valence-corrected chi connectivity index (χ1v) is 5.97. The molecule has 2 amide bonds.